The zero-order chi connectivity index (χ0) is 13.9. The predicted octanol–water partition coefficient (Wildman–Crippen LogP) is 1.75. The SMILES string of the molecule is O=C(c1ccc[nH]c1=O)N1CCC[C@@H]1c1ccccn1. The summed E-state index contributed by atoms with van der Waals surface area (Å²) in [6, 6.07) is 8.88. The minimum Gasteiger partial charge on any atom is -0.330 e. The summed E-state index contributed by atoms with van der Waals surface area (Å²) in [4.78, 5) is 32.9. The molecule has 5 heteroatoms. The first-order valence-corrected chi connectivity index (χ1v) is 6.67. The molecule has 0 spiro atoms. The van der Waals surface area contributed by atoms with Crippen molar-refractivity contribution in [1.29, 1.82) is 0 Å². The highest BCUT2D eigenvalue weighted by Crippen LogP contribution is 2.31. The van der Waals surface area contributed by atoms with Crippen molar-refractivity contribution in [2.24, 2.45) is 0 Å². The predicted molar refractivity (Wildman–Crippen MR) is 74.3 cm³/mol. The Morgan fingerprint density at radius 2 is 2.20 bits per heavy atom. The van der Waals surface area contributed by atoms with Crippen molar-refractivity contribution in [1.82, 2.24) is 14.9 Å². The van der Waals surface area contributed by atoms with Crippen LogP contribution in [0.1, 0.15) is 34.9 Å². The molecule has 2 aromatic rings. The van der Waals surface area contributed by atoms with Gasteiger partial charge in [0.2, 0.25) is 0 Å². The van der Waals surface area contributed by atoms with Crippen LogP contribution in [0.25, 0.3) is 0 Å². The van der Waals surface area contributed by atoms with E-state index in [1.165, 1.54) is 6.20 Å². The minimum absolute atomic E-state index is 0.0386. The lowest BCUT2D eigenvalue weighted by atomic mass is 10.1. The number of likely N-dealkylation sites (tertiary alicyclic amines) is 1. The van der Waals surface area contributed by atoms with Gasteiger partial charge in [-0.2, -0.15) is 0 Å². The fraction of sp³-hybridized carbons (Fsp3) is 0.267. The van der Waals surface area contributed by atoms with Crippen molar-refractivity contribution in [3.63, 3.8) is 0 Å². The number of carbonyl (C=O) groups is 1. The summed E-state index contributed by atoms with van der Waals surface area (Å²) in [6.07, 6.45) is 5.07. The molecule has 1 fully saturated rings. The quantitative estimate of drug-likeness (QED) is 0.903. The number of aromatic amines is 1. The number of pyridine rings is 2. The molecule has 1 aliphatic rings. The molecule has 1 aliphatic heterocycles. The van der Waals surface area contributed by atoms with E-state index in [2.05, 4.69) is 9.97 Å². The second-order valence-corrected chi connectivity index (χ2v) is 4.82. The maximum absolute atomic E-state index is 12.5. The molecule has 5 nitrogen and oxygen atoms in total. The summed E-state index contributed by atoms with van der Waals surface area (Å²) in [5.41, 5.74) is 0.727. The molecule has 0 saturated carbocycles. The molecule has 3 heterocycles. The average Bonchev–Trinajstić information content (AvgIpc) is 2.97. The molecule has 0 aromatic carbocycles. The van der Waals surface area contributed by atoms with Gasteiger partial charge in [0.15, 0.2) is 0 Å². The van der Waals surface area contributed by atoms with Gasteiger partial charge in [0.1, 0.15) is 5.56 Å². The molecule has 2 aromatic heterocycles. The molecule has 1 amide bonds. The van der Waals surface area contributed by atoms with Gasteiger partial charge in [0.25, 0.3) is 11.5 Å². The van der Waals surface area contributed by atoms with Gasteiger partial charge >= 0.3 is 0 Å². The number of hydrogen-bond acceptors (Lipinski definition) is 3. The van der Waals surface area contributed by atoms with E-state index >= 15 is 0 Å². The third kappa shape index (κ3) is 2.22. The van der Waals surface area contributed by atoms with Gasteiger partial charge in [-0.25, -0.2) is 0 Å². The smallest absolute Gasteiger partial charge is 0.260 e. The van der Waals surface area contributed by atoms with Crippen molar-refractivity contribution in [2.45, 2.75) is 18.9 Å². The number of hydrogen-bond donors (Lipinski definition) is 1. The van der Waals surface area contributed by atoms with Crippen LogP contribution >= 0.6 is 0 Å². The van der Waals surface area contributed by atoms with Crippen molar-refractivity contribution in [3.05, 3.63) is 64.3 Å². The Balaban J connectivity index is 1.92. The Morgan fingerprint density at radius 3 is 2.95 bits per heavy atom. The second-order valence-electron chi connectivity index (χ2n) is 4.82. The highest BCUT2D eigenvalue weighted by molar-refractivity contribution is 5.94. The maximum Gasteiger partial charge on any atom is 0.260 e. The third-order valence-corrected chi connectivity index (χ3v) is 3.59. The molecule has 0 aliphatic carbocycles. The Labute approximate surface area is 116 Å². The summed E-state index contributed by atoms with van der Waals surface area (Å²) < 4.78 is 0. The van der Waals surface area contributed by atoms with E-state index in [1.54, 1.807) is 23.2 Å². The summed E-state index contributed by atoms with van der Waals surface area (Å²) in [7, 11) is 0. The maximum atomic E-state index is 12.5. The molecule has 3 rings (SSSR count). The Kier molecular flexibility index (Phi) is 3.33. The van der Waals surface area contributed by atoms with Crippen LogP contribution in [-0.2, 0) is 0 Å². The highest BCUT2D eigenvalue weighted by atomic mass is 16.2. The van der Waals surface area contributed by atoms with Gasteiger partial charge in [-0.15, -0.1) is 0 Å². The second kappa shape index (κ2) is 5.28. The van der Waals surface area contributed by atoms with E-state index in [1.807, 2.05) is 18.2 Å². The van der Waals surface area contributed by atoms with Crippen LogP contribution in [0.2, 0.25) is 0 Å². The van der Waals surface area contributed by atoms with E-state index < -0.39 is 0 Å². The lowest BCUT2D eigenvalue weighted by molar-refractivity contribution is 0.0731. The number of nitrogens with zero attached hydrogens (tertiary/aromatic N) is 2. The fourth-order valence-corrected chi connectivity index (χ4v) is 2.64. The Morgan fingerprint density at radius 1 is 1.30 bits per heavy atom. The molecular formula is C15H15N3O2. The Hall–Kier alpha value is -2.43. The van der Waals surface area contributed by atoms with Gasteiger partial charge in [-0.05, 0) is 37.1 Å². The summed E-state index contributed by atoms with van der Waals surface area (Å²) in [5, 5.41) is 0. The van der Waals surface area contributed by atoms with E-state index in [4.69, 9.17) is 0 Å². The monoisotopic (exact) mass is 269 g/mol. The van der Waals surface area contributed by atoms with Gasteiger partial charge < -0.3 is 9.88 Å². The van der Waals surface area contributed by atoms with Gasteiger partial charge in [0.05, 0.1) is 11.7 Å². The first-order valence-electron chi connectivity index (χ1n) is 6.67. The fourth-order valence-electron chi connectivity index (χ4n) is 2.64. The topological polar surface area (TPSA) is 66.1 Å². The molecule has 1 atom stereocenters. The van der Waals surface area contributed by atoms with Crippen LogP contribution in [-0.4, -0.2) is 27.3 Å². The zero-order valence-corrected chi connectivity index (χ0v) is 11.0. The lowest BCUT2D eigenvalue weighted by Crippen LogP contribution is -2.34. The zero-order valence-electron chi connectivity index (χ0n) is 11.0. The Bertz CT molecular complexity index is 666. The first-order chi connectivity index (χ1) is 9.77. The molecule has 0 unspecified atom stereocenters. The van der Waals surface area contributed by atoms with Crippen LogP contribution in [0.5, 0.6) is 0 Å². The summed E-state index contributed by atoms with van der Waals surface area (Å²) >= 11 is 0. The molecule has 0 radical (unpaired) electrons. The minimum atomic E-state index is -0.343. The average molecular weight is 269 g/mol. The van der Waals surface area contributed by atoms with E-state index in [0.29, 0.717) is 6.54 Å². The van der Waals surface area contributed by atoms with Crippen molar-refractivity contribution in [3.8, 4) is 0 Å². The summed E-state index contributed by atoms with van der Waals surface area (Å²) in [6.45, 7) is 0.661. The molecule has 1 N–H and O–H groups in total. The van der Waals surface area contributed by atoms with Gasteiger partial charge in [0, 0.05) is 18.9 Å². The van der Waals surface area contributed by atoms with Crippen molar-refractivity contribution in [2.75, 3.05) is 6.54 Å². The number of nitrogens with one attached hydrogen (secondary N) is 1. The van der Waals surface area contributed by atoms with Crippen LogP contribution in [0.4, 0.5) is 0 Å². The van der Waals surface area contributed by atoms with E-state index in [0.717, 1.165) is 18.5 Å². The largest absolute Gasteiger partial charge is 0.330 e. The van der Waals surface area contributed by atoms with Crippen LogP contribution < -0.4 is 5.56 Å². The summed E-state index contributed by atoms with van der Waals surface area (Å²) in [5.74, 6) is -0.222. The number of amides is 1. The van der Waals surface area contributed by atoms with E-state index in [9.17, 15) is 9.59 Å². The lowest BCUT2D eigenvalue weighted by Gasteiger charge is -2.24. The van der Waals surface area contributed by atoms with Gasteiger partial charge in [-0.3, -0.25) is 14.6 Å². The van der Waals surface area contributed by atoms with Crippen LogP contribution in [0, 0.1) is 0 Å². The number of H-pyrrole nitrogens is 1. The molecule has 20 heavy (non-hydrogen) atoms. The molecule has 0 bridgehead atoms. The van der Waals surface area contributed by atoms with Crippen molar-refractivity contribution >= 4 is 5.91 Å². The normalized spacial score (nSPS) is 18.2. The third-order valence-electron chi connectivity index (χ3n) is 3.59. The standard InChI is InChI=1S/C15H15N3O2/c19-14-11(5-3-9-17-14)15(20)18-10-4-7-13(18)12-6-1-2-8-16-12/h1-3,5-6,8-9,13H,4,7,10H2,(H,17,19)/t13-/m1/s1. The molecular weight excluding hydrogens is 254 g/mol. The van der Waals surface area contributed by atoms with Crippen LogP contribution in [0.3, 0.4) is 0 Å². The number of aromatic nitrogens is 2. The highest BCUT2D eigenvalue weighted by Gasteiger charge is 2.32. The number of rotatable bonds is 2. The number of carbonyl (C=O) groups excluding carboxylic acids is 1. The van der Waals surface area contributed by atoms with E-state index in [-0.39, 0.29) is 23.1 Å². The molecule has 1 saturated heterocycles. The van der Waals surface area contributed by atoms with Gasteiger partial charge in [-0.1, -0.05) is 6.07 Å². The van der Waals surface area contributed by atoms with Crippen molar-refractivity contribution < 1.29 is 4.79 Å². The molecule has 102 valence electrons. The first kappa shape index (κ1) is 12.6. The van der Waals surface area contributed by atoms with Crippen LogP contribution in [0.15, 0.2) is 47.5 Å².